The van der Waals surface area contributed by atoms with Crippen LogP contribution in [-0.4, -0.2) is 15.0 Å². The van der Waals surface area contributed by atoms with Crippen LogP contribution in [0.3, 0.4) is 0 Å². The minimum atomic E-state index is -3.90. The maximum Gasteiger partial charge on any atom is 0.299 e. The van der Waals surface area contributed by atoms with Crippen LogP contribution >= 0.6 is 0 Å². The fourth-order valence-electron chi connectivity index (χ4n) is 1.10. The number of nitrogens with one attached hydrogen (secondary N) is 2. The van der Waals surface area contributed by atoms with Gasteiger partial charge in [-0.2, -0.15) is 13.1 Å². The van der Waals surface area contributed by atoms with Crippen molar-refractivity contribution in [1.29, 1.82) is 0 Å². The first-order valence-electron chi connectivity index (χ1n) is 5.23. The molecule has 0 unspecified atom stereocenters. The van der Waals surface area contributed by atoms with Gasteiger partial charge in [0, 0.05) is 12.6 Å². The summed E-state index contributed by atoms with van der Waals surface area (Å²) in [6.07, 6.45) is 0. The van der Waals surface area contributed by atoms with Gasteiger partial charge in [-0.25, -0.2) is 8.78 Å². The summed E-state index contributed by atoms with van der Waals surface area (Å²) in [6.45, 7) is 3.84. The SMILES string of the molecule is CC(C)CNS(=O)(=O)Nc1cc(N)c(F)cc1F. The van der Waals surface area contributed by atoms with Gasteiger partial charge in [0.05, 0.1) is 11.4 Å². The molecule has 0 fully saturated rings. The molecular weight excluding hydrogens is 264 g/mol. The fourth-order valence-corrected chi connectivity index (χ4v) is 2.17. The lowest BCUT2D eigenvalue weighted by atomic mass is 10.2. The van der Waals surface area contributed by atoms with Gasteiger partial charge in [0.2, 0.25) is 0 Å². The third kappa shape index (κ3) is 4.11. The summed E-state index contributed by atoms with van der Waals surface area (Å²) in [4.78, 5) is 0. The largest absolute Gasteiger partial charge is 0.396 e. The van der Waals surface area contributed by atoms with E-state index in [-0.39, 0.29) is 18.2 Å². The lowest BCUT2D eigenvalue weighted by Gasteiger charge is -2.12. The van der Waals surface area contributed by atoms with Crippen molar-refractivity contribution in [3.05, 3.63) is 23.8 Å². The van der Waals surface area contributed by atoms with Crippen molar-refractivity contribution in [3.8, 4) is 0 Å². The molecule has 1 aromatic rings. The van der Waals surface area contributed by atoms with Gasteiger partial charge in [-0.1, -0.05) is 13.8 Å². The molecule has 0 aromatic heterocycles. The van der Waals surface area contributed by atoms with Crippen molar-refractivity contribution in [2.75, 3.05) is 17.0 Å². The molecule has 0 aliphatic heterocycles. The molecule has 0 bridgehead atoms. The van der Waals surface area contributed by atoms with E-state index in [0.717, 1.165) is 6.07 Å². The summed E-state index contributed by atoms with van der Waals surface area (Å²) in [5, 5.41) is 0. The average Bonchev–Trinajstić information content (AvgIpc) is 2.23. The number of benzene rings is 1. The van der Waals surface area contributed by atoms with Crippen LogP contribution in [0.2, 0.25) is 0 Å². The molecular formula is C10H15F2N3O2S. The molecule has 18 heavy (non-hydrogen) atoms. The van der Waals surface area contributed by atoms with Gasteiger partial charge < -0.3 is 5.73 Å². The van der Waals surface area contributed by atoms with Gasteiger partial charge in [0.1, 0.15) is 11.6 Å². The van der Waals surface area contributed by atoms with E-state index >= 15 is 0 Å². The Morgan fingerprint density at radius 1 is 1.28 bits per heavy atom. The number of rotatable bonds is 5. The lowest BCUT2D eigenvalue weighted by molar-refractivity contribution is 0.562. The molecule has 0 radical (unpaired) electrons. The Morgan fingerprint density at radius 2 is 1.89 bits per heavy atom. The molecule has 0 aliphatic rings. The summed E-state index contributed by atoms with van der Waals surface area (Å²) in [6, 6.07) is 1.41. The topological polar surface area (TPSA) is 84.2 Å². The Bertz CT molecular complexity index is 532. The minimum Gasteiger partial charge on any atom is -0.396 e. The first-order valence-corrected chi connectivity index (χ1v) is 6.71. The summed E-state index contributed by atoms with van der Waals surface area (Å²) in [7, 11) is -3.90. The van der Waals surface area contributed by atoms with Gasteiger partial charge in [-0.3, -0.25) is 4.72 Å². The van der Waals surface area contributed by atoms with Crippen molar-refractivity contribution >= 4 is 21.6 Å². The Hall–Kier alpha value is -1.41. The smallest absolute Gasteiger partial charge is 0.299 e. The van der Waals surface area contributed by atoms with E-state index in [4.69, 9.17) is 5.73 Å². The standard InChI is InChI=1S/C10H15F2N3O2S/c1-6(2)5-14-18(16,17)15-10-4-9(13)7(11)3-8(10)12/h3-4,6,14-15H,5,13H2,1-2H3. The van der Waals surface area contributed by atoms with Gasteiger partial charge >= 0.3 is 0 Å². The normalized spacial score (nSPS) is 11.8. The van der Waals surface area contributed by atoms with Gasteiger partial charge in [0.25, 0.3) is 10.2 Å². The maximum atomic E-state index is 13.3. The second-order valence-electron chi connectivity index (χ2n) is 4.20. The second-order valence-corrected chi connectivity index (χ2v) is 5.70. The third-order valence-corrected chi connectivity index (χ3v) is 3.05. The zero-order valence-electron chi connectivity index (χ0n) is 10.00. The zero-order valence-corrected chi connectivity index (χ0v) is 10.8. The highest BCUT2D eigenvalue weighted by Crippen LogP contribution is 2.21. The predicted molar refractivity (Wildman–Crippen MR) is 66.2 cm³/mol. The molecule has 8 heteroatoms. The zero-order chi connectivity index (χ0) is 13.9. The van der Waals surface area contributed by atoms with Crippen LogP contribution in [0.5, 0.6) is 0 Å². The summed E-state index contributed by atoms with van der Waals surface area (Å²) in [5.41, 5.74) is 4.50. The molecule has 0 atom stereocenters. The number of hydrogen-bond donors (Lipinski definition) is 3. The molecule has 1 rings (SSSR count). The van der Waals surface area contributed by atoms with Crippen molar-refractivity contribution in [1.82, 2.24) is 4.72 Å². The van der Waals surface area contributed by atoms with Crippen LogP contribution < -0.4 is 15.2 Å². The Balaban J connectivity index is 2.87. The Morgan fingerprint density at radius 3 is 2.44 bits per heavy atom. The summed E-state index contributed by atoms with van der Waals surface area (Å²) < 4.78 is 53.4. The highest BCUT2D eigenvalue weighted by atomic mass is 32.2. The highest BCUT2D eigenvalue weighted by molar-refractivity contribution is 7.90. The van der Waals surface area contributed by atoms with Crippen molar-refractivity contribution < 1.29 is 17.2 Å². The first kappa shape index (κ1) is 14.7. The van der Waals surface area contributed by atoms with Crippen LogP contribution in [0.15, 0.2) is 12.1 Å². The van der Waals surface area contributed by atoms with Crippen molar-refractivity contribution in [3.63, 3.8) is 0 Å². The monoisotopic (exact) mass is 279 g/mol. The lowest BCUT2D eigenvalue weighted by Crippen LogP contribution is -2.33. The average molecular weight is 279 g/mol. The van der Waals surface area contributed by atoms with Crippen molar-refractivity contribution in [2.45, 2.75) is 13.8 Å². The first-order chi connectivity index (χ1) is 8.21. The second kappa shape index (κ2) is 5.49. The number of halogens is 2. The van der Waals surface area contributed by atoms with E-state index in [2.05, 4.69) is 4.72 Å². The van der Waals surface area contributed by atoms with Crippen LogP contribution in [-0.2, 0) is 10.2 Å². The molecule has 1 aromatic carbocycles. The third-order valence-electron chi connectivity index (χ3n) is 2.01. The highest BCUT2D eigenvalue weighted by Gasteiger charge is 2.15. The van der Waals surface area contributed by atoms with E-state index in [9.17, 15) is 17.2 Å². The molecule has 0 heterocycles. The Labute approximate surface area is 105 Å². The van der Waals surface area contributed by atoms with Gasteiger partial charge in [-0.15, -0.1) is 0 Å². The Kier molecular flexibility index (Phi) is 4.47. The predicted octanol–water partition coefficient (Wildman–Crippen LogP) is 1.45. The fraction of sp³-hybridized carbons (Fsp3) is 0.400. The van der Waals surface area contributed by atoms with E-state index in [0.29, 0.717) is 6.07 Å². The summed E-state index contributed by atoms with van der Waals surface area (Å²) in [5.74, 6) is -1.87. The number of anilines is 2. The molecule has 0 amide bonds. The minimum absolute atomic E-state index is 0.102. The summed E-state index contributed by atoms with van der Waals surface area (Å²) >= 11 is 0. The van der Waals surface area contributed by atoms with E-state index in [1.165, 1.54) is 0 Å². The maximum absolute atomic E-state index is 13.3. The molecule has 4 N–H and O–H groups in total. The molecule has 0 saturated heterocycles. The van der Waals surface area contributed by atoms with Gasteiger partial charge in [0.15, 0.2) is 0 Å². The van der Waals surface area contributed by atoms with Crippen LogP contribution in [0.1, 0.15) is 13.8 Å². The molecule has 0 aliphatic carbocycles. The van der Waals surface area contributed by atoms with Crippen molar-refractivity contribution in [2.24, 2.45) is 5.92 Å². The number of nitrogens with two attached hydrogens (primary N) is 1. The van der Waals surface area contributed by atoms with E-state index in [1.54, 1.807) is 0 Å². The van der Waals surface area contributed by atoms with Crippen LogP contribution in [0.25, 0.3) is 0 Å². The van der Waals surface area contributed by atoms with E-state index < -0.39 is 27.5 Å². The van der Waals surface area contributed by atoms with E-state index in [1.807, 2.05) is 18.6 Å². The number of nitrogen functional groups attached to an aromatic ring is 1. The molecule has 102 valence electrons. The molecule has 5 nitrogen and oxygen atoms in total. The quantitative estimate of drug-likeness (QED) is 0.713. The van der Waals surface area contributed by atoms with Crippen LogP contribution in [0.4, 0.5) is 20.2 Å². The number of hydrogen-bond acceptors (Lipinski definition) is 3. The molecule has 0 spiro atoms. The van der Waals surface area contributed by atoms with Gasteiger partial charge in [-0.05, 0) is 12.0 Å². The van der Waals surface area contributed by atoms with Crippen LogP contribution in [0, 0.1) is 17.6 Å². The molecule has 0 saturated carbocycles.